The number of halogens is 3. The average Bonchev–Trinajstić information content (AvgIpc) is 2.71. The molecule has 9 heteroatoms. The van der Waals surface area contributed by atoms with Gasteiger partial charge in [-0.15, -0.1) is 0 Å². The third-order valence-corrected chi connectivity index (χ3v) is 5.78. The highest BCUT2D eigenvalue weighted by Crippen LogP contribution is 2.44. The number of fused-ring (bicyclic) bond motifs is 2. The van der Waals surface area contributed by atoms with Gasteiger partial charge in [-0.2, -0.15) is 13.2 Å². The molecule has 6 nitrogen and oxygen atoms in total. The number of aromatic nitrogens is 1. The van der Waals surface area contributed by atoms with Gasteiger partial charge in [-0.3, -0.25) is 9.59 Å². The number of para-hydroxylation sites is 1. The molecule has 1 fully saturated rings. The van der Waals surface area contributed by atoms with E-state index in [4.69, 9.17) is 4.74 Å². The Morgan fingerprint density at radius 1 is 1.00 bits per heavy atom. The van der Waals surface area contributed by atoms with Crippen molar-refractivity contribution in [3.05, 3.63) is 92.9 Å². The second kappa shape index (κ2) is 7.52. The van der Waals surface area contributed by atoms with E-state index >= 15 is 0 Å². The Kier molecular flexibility index (Phi) is 4.78. The summed E-state index contributed by atoms with van der Waals surface area (Å²) in [5.41, 5.74) is -0.197. The molecule has 0 radical (unpaired) electrons. The van der Waals surface area contributed by atoms with Crippen LogP contribution in [-0.2, 0) is 6.18 Å². The summed E-state index contributed by atoms with van der Waals surface area (Å²) < 4.78 is 44.6. The lowest BCUT2D eigenvalue weighted by atomic mass is 9.88. The second-order valence-corrected chi connectivity index (χ2v) is 7.81. The first-order valence-electron chi connectivity index (χ1n) is 10.0. The predicted octanol–water partition coefficient (Wildman–Crippen LogP) is 3.71. The zero-order valence-corrected chi connectivity index (χ0v) is 16.6. The summed E-state index contributed by atoms with van der Waals surface area (Å²) >= 11 is 0. The van der Waals surface area contributed by atoms with Gasteiger partial charge in [-0.05, 0) is 35.9 Å². The van der Waals surface area contributed by atoms with Gasteiger partial charge in [0.05, 0.1) is 6.04 Å². The van der Waals surface area contributed by atoms with Gasteiger partial charge in [0.2, 0.25) is 0 Å². The maximum atomic E-state index is 12.9. The molecule has 1 unspecified atom stereocenters. The minimum absolute atomic E-state index is 0.353. The zero-order valence-electron chi connectivity index (χ0n) is 16.6. The van der Waals surface area contributed by atoms with Crippen LogP contribution in [0.25, 0.3) is 0 Å². The molecule has 1 atom stereocenters. The average molecular weight is 441 g/mol. The highest BCUT2D eigenvalue weighted by Gasteiger charge is 2.34. The van der Waals surface area contributed by atoms with Crippen LogP contribution in [0.2, 0.25) is 0 Å². The molecule has 2 aromatic carbocycles. The molecule has 0 saturated carbocycles. The first-order valence-corrected chi connectivity index (χ1v) is 10.0. The topological polar surface area (TPSA) is 83.2 Å². The molecule has 2 aliphatic heterocycles. The van der Waals surface area contributed by atoms with Gasteiger partial charge in [0.15, 0.2) is 0 Å². The first kappa shape index (κ1) is 20.3. The highest BCUT2D eigenvalue weighted by atomic mass is 19.4. The number of carbonyl (C=O) groups excluding carboxylic acids is 1. The van der Waals surface area contributed by atoms with Crippen molar-refractivity contribution in [2.75, 3.05) is 13.1 Å². The van der Waals surface area contributed by atoms with Gasteiger partial charge in [0.25, 0.3) is 11.5 Å². The molecule has 3 aromatic rings. The van der Waals surface area contributed by atoms with Gasteiger partial charge in [-0.25, -0.2) is 0 Å². The van der Waals surface area contributed by atoms with E-state index in [9.17, 15) is 22.8 Å². The Balaban J connectivity index is 1.52. The number of ether oxygens (including phenoxy) is 1. The lowest BCUT2D eigenvalue weighted by Gasteiger charge is -2.32. The van der Waals surface area contributed by atoms with Crippen LogP contribution < -0.4 is 20.9 Å². The van der Waals surface area contributed by atoms with Crippen LogP contribution in [0.4, 0.5) is 13.2 Å². The molecule has 164 valence electrons. The number of hydrogen-bond acceptors (Lipinski definition) is 4. The number of benzene rings is 2. The Labute approximate surface area is 180 Å². The molecule has 1 aromatic heterocycles. The van der Waals surface area contributed by atoms with E-state index in [-0.39, 0.29) is 0 Å². The fourth-order valence-electron chi connectivity index (χ4n) is 3.94. The highest BCUT2D eigenvalue weighted by molar-refractivity contribution is 5.94. The Morgan fingerprint density at radius 2 is 1.75 bits per heavy atom. The molecule has 1 saturated heterocycles. The largest absolute Gasteiger partial charge is 0.457 e. The molecule has 3 N–H and O–H groups in total. The molecule has 0 aliphatic carbocycles. The summed E-state index contributed by atoms with van der Waals surface area (Å²) in [6.07, 6.45) is -4.71. The molecule has 5 rings (SSSR count). The fraction of sp³-hybridized carbons (Fsp3) is 0.217. The van der Waals surface area contributed by atoms with E-state index in [0.29, 0.717) is 29.0 Å². The Bertz CT molecular complexity index is 1270. The minimum atomic E-state index is -4.71. The summed E-state index contributed by atoms with van der Waals surface area (Å²) in [5, 5.41) is 6.04. The van der Waals surface area contributed by atoms with Crippen molar-refractivity contribution in [2.24, 2.45) is 0 Å². The van der Waals surface area contributed by atoms with Crippen molar-refractivity contribution in [1.82, 2.24) is 15.6 Å². The van der Waals surface area contributed by atoms with Gasteiger partial charge >= 0.3 is 6.18 Å². The quantitative estimate of drug-likeness (QED) is 0.579. The van der Waals surface area contributed by atoms with E-state index in [1.165, 1.54) is 0 Å². The van der Waals surface area contributed by atoms with E-state index in [1.807, 2.05) is 18.2 Å². The SMILES string of the molecule is O=C(NC1c2ccccc2Oc2ccc(C3CNC3)cc21)c1ccc(C(F)(F)F)[nH]c1=O. The molecule has 3 heterocycles. The molecular formula is C23H18F3N3O3. The molecular weight excluding hydrogens is 423 g/mol. The number of alkyl halides is 3. The van der Waals surface area contributed by atoms with Gasteiger partial charge in [0.1, 0.15) is 22.8 Å². The van der Waals surface area contributed by atoms with Crippen molar-refractivity contribution in [3.63, 3.8) is 0 Å². The van der Waals surface area contributed by atoms with Crippen LogP contribution in [0, 0.1) is 0 Å². The minimum Gasteiger partial charge on any atom is -0.457 e. The lowest BCUT2D eigenvalue weighted by Crippen LogP contribution is -2.40. The number of amides is 1. The van der Waals surface area contributed by atoms with Gasteiger partial charge < -0.3 is 20.4 Å². The van der Waals surface area contributed by atoms with Crippen molar-refractivity contribution >= 4 is 5.91 Å². The van der Waals surface area contributed by atoms with Crippen LogP contribution in [-0.4, -0.2) is 24.0 Å². The van der Waals surface area contributed by atoms with E-state index in [0.717, 1.165) is 30.3 Å². The molecule has 2 aliphatic rings. The standard InChI is InChI=1S/C23H18F3N3O3/c24-23(25,26)19-8-6-15(21(30)28-19)22(31)29-20-14-3-1-2-4-17(14)32-18-7-5-12(9-16(18)20)13-10-27-11-13/h1-9,13,20,27H,10-11H2,(H,28,30)(H,29,31). The predicted molar refractivity (Wildman–Crippen MR) is 110 cm³/mol. The summed E-state index contributed by atoms with van der Waals surface area (Å²) in [7, 11) is 0. The number of carbonyl (C=O) groups is 1. The smallest absolute Gasteiger partial charge is 0.431 e. The monoisotopic (exact) mass is 441 g/mol. The first-order chi connectivity index (χ1) is 15.3. The number of rotatable bonds is 3. The number of nitrogens with one attached hydrogen (secondary N) is 3. The van der Waals surface area contributed by atoms with Crippen molar-refractivity contribution < 1.29 is 22.7 Å². The van der Waals surface area contributed by atoms with Crippen LogP contribution in [0.15, 0.2) is 59.4 Å². The van der Waals surface area contributed by atoms with Crippen molar-refractivity contribution in [1.29, 1.82) is 0 Å². The van der Waals surface area contributed by atoms with E-state index < -0.39 is 34.9 Å². The Morgan fingerprint density at radius 3 is 2.44 bits per heavy atom. The lowest BCUT2D eigenvalue weighted by molar-refractivity contribution is -0.141. The van der Waals surface area contributed by atoms with Gasteiger partial charge in [0, 0.05) is 30.1 Å². The summed E-state index contributed by atoms with van der Waals surface area (Å²) in [6.45, 7) is 1.71. The summed E-state index contributed by atoms with van der Waals surface area (Å²) in [4.78, 5) is 26.9. The van der Waals surface area contributed by atoms with Crippen LogP contribution >= 0.6 is 0 Å². The molecule has 0 spiro atoms. The third-order valence-electron chi connectivity index (χ3n) is 5.78. The normalized spacial score (nSPS) is 17.5. The zero-order chi connectivity index (χ0) is 22.5. The summed E-state index contributed by atoms with van der Waals surface area (Å²) in [5.74, 6) is 0.714. The summed E-state index contributed by atoms with van der Waals surface area (Å²) in [6, 6.07) is 13.9. The van der Waals surface area contributed by atoms with Crippen molar-refractivity contribution in [2.45, 2.75) is 18.1 Å². The molecule has 1 amide bonds. The van der Waals surface area contributed by atoms with E-state index in [1.54, 1.807) is 29.2 Å². The van der Waals surface area contributed by atoms with E-state index in [2.05, 4.69) is 10.6 Å². The number of pyridine rings is 1. The van der Waals surface area contributed by atoms with Crippen LogP contribution in [0.3, 0.4) is 0 Å². The van der Waals surface area contributed by atoms with Crippen LogP contribution in [0.5, 0.6) is 11.5 Å². The van der Waals surface area contributed by atoms with Crippen molar-refractivity contribution in [3.8, 4) is 11.5 Å². The van der Waals surface area contributed by atoms with Crippen LogP contribution in [0.1, 0.15) is 44.7 Å². The second-order valence-electron chi connectivity index (χ2n) is 7.81. The molecule has 0 bridgehead atoms. The fourth-order valence-corrected chi connectivity index (χ4v) is 3.94. The number of H-pyrrole nitrogens is 1. The van der Waals surface area contributed by atoms with Gasteiger partial charge in [-0.1, -0.05) is 24.3 Å². The number of aromatic amines is 1. The third kappa shape index (κ3) is 3.54. The maximum Gasteiger partial charge on any atom is 0.431 e. The number of hydrogen-bond donors (Lipinski definition) is 3. The molecule has 32 heavy (non-hydrogen) atoms. The maximum absolute atomic E-state index is 12.9. The Hall–Kier alpha value is -3.59.